The van der Waals surface area contributed by atoms with Crippen molar-refractivity contribution in [2.75, 3.05) is 0 Å². The van der Waals surface area contributed by atoms with Crippen LogP contribution < -0.4 is 5.32 Å². The van der Waals surface area contributed by atoms with Gasteiger partial charge >= 0.3 is 0 Å². The second kappa shape index (κ2) is 11.2. The number of carbonyl (C=O) groups is 3. The van der Waals surface area contributed by atoms with E-state index in [2.05, 4.69) is 27.3 Å². The van der Waals surface area contributed by atoms with Crippen molar-refractivity contribution in [3.63, 3.8) is 0 Å². The van der Waals surface area contributed by atoms with Crippen molar-refractivity contribution < 1.29 is 14.4 Å². The third-order valence-corrected chi connectivity index (χ3v) is 8.10. The number of fused-ring (bicyclic) bond motifs is 1. The summed E-state index contributed by atoms with van der Waals surface area (Å²) < 4.78 is 1.61. The summed E-state index contributed by atoms with van der Waals surface area (Å²) in [5, 5.41) is 8.30. The van der Waals surface area contributed by atoms with Crippen molar-refractivity contribution in [2.24, 2.45) is 5.92 Å². The van der Waals surface area contributed by atoms with E-state index in [0.717, 1.165) is 33.3 Å². The van der Waals surface area contributed by atoms with Crippen LogP contribution in [0.1, 0.15) is 60.2 Å². The Morgan fingerprint density at radius 2 is 1.73 bits per heavy atom. The smallest absolute Gasteiger partial charge is 0.245 e. The van der Waals surface area contributed by atoms with Crippen LogP contribution in [0.4, 0.5) is 0 Å². The van der Waals surface area contributed by atoms with Gasteiger partial charge in [-0.15, -0.1) is 0 Å². The lowest BCUT2D eigenvalue weighted by Crippen LogP contribution is -2.49. The van der Waals surface area contributed by atoms with Gasteiger partial charge in [0.05, 0.1) is 5.52 Å². The van der Waals surface area contributed by atoms with Gasteiger partial charge in [0.25, 0.3) is 0 Å². The number of Topliss-reactive ketones (excluding diaryl/α,β-unsaturated/α-hetero) is 1. The molecule has 3 heterocycles. The highest BCUT2D eigenvalue weighted by Gasteiger charge is 2.43. The van der Waals surface area contributed by atoms with E-state index in [4.69, 9.17) is 0 Å². The first-order valence-corrected chi connectivity index (χ1v) is 14.0. The fourth-order valence-electron chi connectivity index (χ4n) is 5.80. The Balaban J connectivity index is 1.43. The Kier molecular flexibility index (Phi) is 7.71. The molecule has 41 heavy (non-hydrogen) atoms. The molecule has 1 N–H and O–H groups in total. The minimum atomic E-state index is -0.569. The van der Waals surface area contributed by atoms with Crippen molar-refractivity contribution in [2.45, 2.75) is 73.1 Å². The summed E-state index contributed by atoms with van der Waals surface area (Å²) in [5.41, 5.74) is 5.75. The largest absolute Gasteiger partial charge is 0.350 e. The first-order valence-electron chi connectivity index (χ1n) is 14.0. The average Bonchev–Trinajstić information content (AvgIpc) is 3.45. The average molecular weight is 553 g/mol. The van der Waals surface area contributed by atoms with Crippen LogP contribution in [0, 0.1) is 26.7 Å². The number of likely N-dealkylation sites (tertiary alicyclic amines) is 1. The van der Waals surface area contributed by atoms with Gasteiger partial charge in [0.2, 0.25) is 11.8 Å². The van der Waals surface area contributed by atoms with Crippen molar-refractivity contribution in [3.05, 3.63) is 77.0 Å². The van der Waals surface area contributed by atoms with E-state index >= 15 is 0 Å². The third-order valence-electron chi connectivity index (χ3n) is 8.10. The van der Waals surface area contributed by atoms with Crippen LogP contribution in [0.15, 0.2) is 48.8 Å². The maximum absolute atomic E-state index is 13.8. The van der Waals surface area contributed by atoms with Crippen LogP contribution in [0.3, 0.4) is 0 Å². The summed E-state index contributed by atoms with van der Waals surface area (Å²) >= 11 is 0. The molecular formula is C32H36N6O3. The molecule has 9 heteroatoms. The monoisotopic (exact) mass is 552 g/mol. The van der Waals surface area contributed by atoms with E-state index in [9.17, 15) is 14.4 Å². The van der Waals surface area contributed by atoms with Crippen molar-refractivity contribution in [1.82, 2.24) is 30.0 Å². The number of benzene rings is 2. The summed E-state index contributed by atoms with van der Waals surface area (Å²) in [6.07, 6.45) is 4.10. The molecule has 4 aromatic rings. The summed E-state index contributed by atoms with van der Waals surface area (Å²) in [6, 6.07) is 11.2. The van der Waals surface area contributed by atoms with Gasteiger partial charge in [0.15, 0.2) is 5.78 Å². The fourth-order valence-corrected chi connectivity index (χ4v) is 5.80. The molecule has 212 valence electrons. The maximum Gasteiger partial charge on any atom is 0.245 e. The standard InChI is InChI=1S/C32H36N6O3/c1-18-8-7-9-24(10-18)14-35-32(41)28-12-19(2)21(4)38(28)29(40)17-37-31-20(3)11-25(26-15-33-23(6)34-16-26)13-27(31)30(36-37)22(5)39/h7-11,13,15-16,19,21,28H,12,14,17H2,1-6H3,(H,35,41)/t19-,21+,28-/m0/s1. The highest BCUT2D eigenvalue weighted by atomic mass is 16.2. The summed E-state index contributed by atoms with van der Waals surface area (Å²) in [6.45, 7) is 11.6. The zero-order valence-electron chi connectivity index (χ0n) is 24.4. The number of ketones is 1. The number of hydrogen-bond donors (Lipinski definition) is 1. The highest BCUT2D eigenvalue weighted by molar-refractivity contribution is 6.07. The van der Waals surface area contributed by atoms with E-state index in [0.29, 0.717) is 29.9 Å². The summed E-state index contributed by atoms with van der Waals surface area (Å²) in [7, 11) is 0. The number of rotatable bonds is 7. The molecule has 0 saturated carbocycles. The summed E-state index contributed by atoms with van der Waals surface area (Å²) in [5.74, 6) is 0.292. The molecule has 2 aromatic heterocycles. The first-order chi connectivity index (χ1) is 19.5. The maximum atomic E-state index is 13.8. The molecule has 3 atom stereocenters. The number of nitrogens with one attached hydrogen (secondary N) is 1. The number of aromatic nitrogens is 4. The van der Waals surface area contributed by atoms with Crippen LogP contribution in [0.2, 0.25) is 0 Å². The van der Waals surface area contributed by atoms with E-state index in [1.54, 1.807) is 22.0 Å². The third kappa shape index (κ3) is 5.62. The van der Waals surface area contributed by atoms with E-state index in [1.807, 2.05) is 64.1 Å². The molecule has 1 aliphatic rings. The Bertz CT molecular complexity index is 1640. The Morgan fingerprint density at radius 3 is 2.41 bits per heavy atom. The molecule has 0 radical (unpaired) electrons. The van der Waals surface area contributed by atoms with Gasteiger partial charge in [0, 0.05) is 42.9 Å². The van der Waals surface area contributed by atoms with Crippen LogP contribution >= 0.6 is 0 Å². The van der Waals surface area contributed by atoms with E-state index in [-0.39, 0.29) is 36.1 Å². The molecule has 0 spiro atoms. The molecule has 0 unspecified atom stereocenters. The number of aryl methyl sites for hydroxylation is 3. The Labute approximate surface area is 240 Å². The second-order valence-corrected chi connectivity index (χ2v) is 11.2. The molecule has 1 aliphatic heterocycles. The molecule has 0 bridgehead atoms. The Hall–Kier alpha value is -4.40. The topological polar surface area (TPSA) is 110 Å². The highest BCUT2D eigenvalue weighted by Crippen LogP contribution is 2.32. The Morgan fingerprint density at radius 1 is 1.00 bits per heavy atom. The van der Waals surface area contributed by atoms with Crippen LogP contribution in [-0.4, -0.2) is 54.3 Å². The van der Waals surface area contributed by atoms with Crippen molar-refractivity contribution >= 4 is 28.5 Å². The normalized spacial score (nSPS) is 18.6. The quantitative estimate of drug-likeness (QED) is 0.337. The van der Waals surface area contributed by atoms with Gasteiger partial charge in [-0.3, -0.25) is 19.1 Å². The van der Waals surface area contributed by atoms with Crippen LogP contribution in [0.5, 0.6) is 0 Å². The molecule has 0 aliphatic carbocycles. The predicted octanol–water partition coefficient (Wildman–Crippen LogP) is 4.56. The number of amides is 2. The second-order valence-electron chi connectivity index (χ2n) is 11.2. The minimum Gasteiger partial charge on any atom is -0.350 e. The molecule has 2 aromatic carbocycles. The molecule has 9 nitrogen and oxygen atoms in total. The molecule has 2 amide bonds. The van der Waals surface area contributed by atoms with E-state index in [1.165, 1.54) is 6.92 Å². The van der Waals surface area contributed by atoms with Crippen LogP contribution in [-0.2, 0) is 22.7 Å². The molecule has 1 saturated heterocycles. The van der Waals surface area contributed by atoms with Crippen molar-refractivity contribution in [1.29, 1.82) is 0 Å². The number of hydrogen-bond acceptors (Lipinski definition) is 6. The zero-order chi connectivity index (χ0) is 29.4. The van der Waals surface area contributed by atoms with Gasteiger partial charge in [0.1, 0.15) is 24.1 Å². The van der Waals surface area contributed by atoms with Gasteiger partial charge in [-0.1, -0.05) is 36.8 Å². The number of carbonyl (C=O) groups excluding carboxylic acids is 3. The van der Waals surface area contributed by atoms with Gasteiger partial charge < -0.3 is 10.2 Å². The van der Waals surface area contributed by atoms with Crippen molar-refractivity contribution in [3.8, 4) is 11.1 Å². The lowest BCUT2D eigenvalue weighted by Gasteiger charge is -2.28. The molecular weight excluding hydrogens is 516 g/mol. The van der Waals surface area contributed by atoms with Gasteiger partial charge in [-0.2, -0.15) is 5.10 Å². The molecule has 5 rings (SSSR count). The summed E-state index contributed by atoms with van der Waals surface area (Å²) in [4.78, 5) is 50.1. The van der Waals surface area contributed by atoms with Crippen LogP contribution in [0.25, 0.3) is 22.0 Å². The fraction of sp³-hybridized carbons (Fsp3) is 0.375. The lowest BCUT2D eigenvalue weighted by molar-refractivity contribution is -0.140. The SMILES string of the molecule is CC(=O)c1nn(CC(=O)N2[C@H](C)[C@@H](C)C[C@H]2C(=O)NCc2cccc(C)c2)c2c(C)cc(-c3cnc(C)nc3)cc12. The van der Waals surface area contributed by atoms with E-state index < -0.39 is 6.04 Å². The van der Waals surface area contributed by atoms with Gasteiger partial charge in [-0.05, 0) is 68.9 Å². The predicted molar refractivity (Wildman–Crippen MR) is 157 cm³/mol. The number of nitrogens with zero attached hydrogens (tertiary/aromatic N) is 5. The zero-order valence-corrected chi connectivity index (χ0v) is 24.4. The first kappa shape index (κ1) is 28.1. The minimum absolute atomic E-state index is 0.0731. The lowest BCUT2D eigenvalue weighted by atomic mass is 10.0. The van der Waals surface area contributed by atoms with Gasteiger partial charge in [-0.25, -0.2) is 9.97 Å². The molecule has 1 fully saturated rings.